The molecule has 2 heterocycles. The van der Waals surface area contributed by atoms with Crippen molar-refractivity contribution in [2.45, 2.75) is 11.8 Å². The molecule has 136 valence electrons. The van der Waals surface area contributed by atoms with Gasteiger partial charge in [-0.25, -0.2) is 4.99 Å². The molecule has 1 fully saturated rings. The molecule has 0 aliphatic carbocycles. The first-order chi connectivity index (χ1) is 13.1. The minimum Gasteiger partial charge on any atom is -0.337 e. The molecule has 4 nitrogen and oxygen atoms in total. The molecular weight excluding hydrogens is 374 g/mol. The summed E-state index contributed by atoms with van der Waals surface area (Å²) in [5.41, 5.74) is 3.11. The minimum atomic E-state index is -0.0199. The number of amides is 1. The van der Waals surface area contributed by atoms with Crippen molar-refractivity contribution >= 4 is 46.0 Å². The topological polar surface area (TPSA) is 35.9 Å². The molecule has 0 bridgehead atoms. The lowest BCUT2D eigenvalue weighted by atomic mass is 10.2. The lowest BCUT2D eigenvalue weighted by Gasteiger charge is -2.15. The molecule has 0 unspecified atom stereocenters. The maximum Gasteiger partial charge on any atom is 0.269 e. The van der Waals surface area contributed by atoms with Gasteiger partial charge in [0.15, 0.2) is 5.17 Å². The third kappa shape index (κ3) is 3.31. The van der Waals surface area contributed by atoms with Crippen molar-refractivity contribution in [2.24, 2.45) is 4.99 Å². The van der Waals surface area contributed by atoms with E-state index in [-0.39, 0.29) is 5.91 Å². The summed E-state index contributed by atoms with van der Waals surface area (Å²) in [5.74, 6) is -0.0199. The molecule has 1 saturated heterocycles. The average Bonchev–Trinajstić information content (AvgIpc) is 3.14. The van der Waals surface area contributed by atoms with Gasteiger partial charge in [0.2, 0.25) is 0 Å². The quantitative estimate of drug-likeness (QED) is 0.533. The highest BCUT2D eigenvalue weighted by Crippen LogP contribution is 2.49. The lowest BCUT2D eigenvalue weighted by molar-refractivity contribution is -0.121. The van der Waals surface area contributed by atoms with Gasteiger partial charge in [0.1, 0.15) is 4.91 Å². The van der Waals surface area contributed by atoms with Crippen LogP contribution in [0.2, 0.25) is 0 Å². The molecule has 4 rings (SSSR count). The zero-order valence-corrected chi connectivity index (χ0v) is 16.8. The van der Waals surface area contributed by atoms with Crippen LogP contribution in [-0.2, 0) is 4.79 Å². The Balaban J connectivity index is 1.74. The second-order valence-corrected chi connectivity index (χ2v) is 8.31. The van der Waals surface area contributed by atoms with E-state index >= 15 is 0 Å². The Morgan fingerprint density at radius 3 is 2.70 bits per heavy atom. The van der Waals surface area contributed by atoms with E-state index in [2.05, 4.69) is 23.6 Å². The number of hydrogen-bond donors (Lipinski definition) is 0. The van der Waals surface area contributed by atoms with Crippen molar-refractivity contribution in [1.29, 1.82) is 0 Å². The Labute approximate surface area is 167 Å². The first-order valence-corrected chi connectivity index (χ1v) is 10.2. The van der Waals surface area contributed by atoms with Gasteiger partial charge in [0, 0.05) is 18.5 Å². The van der Waals surface area contributed by atoms with Gasteiger partial charge in [-0.1, -0.05) is 42.1 Å². The number of para-hydroxylation sites is 1. The largest absolute Gasteiger partial charge is 0.337 e. The van der Waals surface area contributed by atoms with Crippen LogP contribution in [0, 0.1) is 6.92 Å². The zero-order chi connectivity index (χ0) is 19.0. The van der Waals surface area contributed by atoms with E-state index in [4.69, 9.17) is 4.99 Å². The van der Waals surface area contributed by atoms with Gasteiger partial charge in [-0.15, -0.1) is 6.58 Å². The zero-order valence-electron chi connectivity index (χ0n) is 15.2. The van der Waals surface area contributed by atoms with E-state index in [9.17, 15) is 4.79 Å². The molecule has 0 atom stereocenters. The molecule has 0 radical (unpaired) electrons. The number of thioether (sulfide) groups is 2. The minimum absolute atomic E-state index is 0.0199. The van der Waals surface area contributed by atoms with Crippen molar-refractivity contribution in [3.63, 3.8) is 0 Å². The van der Waals surface area contributed by atoms with E-state index in [1.54, 1.807) is 22.7 Å². The van der Waals surface area contributed by atoms with Crippen LogP contribution in [0.3, 0.4) is 0 Å². The molecule has 2 aliphatic heterocycles. The van der Waals surface area contributed by atoms with Crippen LogP contribution in [0.4, 0.5) is 11.4 Å². The van der Waals surface area contributed by atoms with E-state index in [1.165, 1.54) is 11.8 Å². The van der Waals surface area contributed by atoms with Crippen molar-refractivity contribution in [3.8, 4) is 0 Å². The number of hydrogen-bond acceptors (Lipinski definition) is 5. The summed E-state index contributed by atoms with van der Waals surface area (Å²) in [6, 6.07) is 16.2. The van der Waals surface area contributed by atoms with Gasteiger partial charge in [-0.3, -0.25) is 9.69 Å². The fourth-order valence-electron chi connectivity index (χ4n) is 3.02. The Morgan fingerprint density at radius 2 is 1.96 bits per heavy atom. The summed E-state index contributed by atoms with van der Waals surface area (Å²) in [4.78, 5) is 23.5. The predicted molar refractivity (Wildman–Crippen MR) is 116 cm³/mol. The number of carbonyl (C=O) groups is 1. The molecule has 1 amide bonds. The van der Waals surface area contributed by atoms with E-state index in [0.717, 1.165) is 26.9 Å². The highest BCUT2D eigenvalue weighted by molar-refractivity contribution is 8.19. The van der Waals surface area contributed by atoms with Crippen LogP contribution in [-0.4, -0.2) is 29.6 Å². The Bertz CT molecular complexity index is 996. The molecule has 6 heteroatoms. The summed E-state index contributed by atoms with van der Waals surface area (Å²) < 4.78 is 0. The van der Waals surface area contributed by atoms with Crippen LogP contribution < -0.4 is 4.90 Å². The predicted octanol–water partition coefficient (Wildman–Crippen LogP) is 5.16. The standard InChI is InChI=1S/C21H19N3OS2/c1-4-12-24-19(25)18(20-23(3)16-10-5-6-11-17(16)26-20)27-21(24)22-15-9-7-8-14(2)13-15/h4-11,13H,1,12H2,2-3H3. The molecule has 0 spiro atoms. The summed E-state index contributed by atoms with van der Waals surface area (Å²) in [5, 5.41) is 1.65. The highest BCUT2D eigenvalue weighted by Gasteiger charge is 2.38. The number of benzene rings is 2. The first kappa shape index (κ1) is 17.9. The van der Waals surface area contributed by atoms with Gasteiger partial charge in [0.05, 0.1) is 16.4 Å². The second kappa shape index (κ2) is 7.29. The van der Waals surface area contributed by atoms with Crippen molar-refractivity contribution < 1.29 is 4.79 Å². The summed E-state index contributed by atoms with van der Waals surface area (Å²) in [6.07, 6.45) is 1.73. The number of aliphatic imine (C=N–C) groups is 1. The van der Waals surface area contributed by atoms with Crippen molar-refractivity contribution in [1.82, 2.24) is 4.90 Å². The molecule has 0 saturated carbocycles. The molecular formula is C21H19N3OS2. The average molecular weight is 394 g/mol. The normalized spacial score (nSPS) is 20.5. The monoisotopic (exact) mass is 393 g/mol. The van der Waals surface area contributed by atoms with Crippen LogP contribution >= 0.6 is 23.5 Å². The first-order valence-electron chi connectivity index (χ1n) is 8.59. The molecule has 2 aromatic carbocycles. The molecule has 27 heavy (non-hydrogen) atoms. The van der Waals surface area contributed by atoms with Gasteiger partial charge in [0.25, 0.3) is 5.91 Å². The molecule has 2 aliphatic rings. The van der Waals surface area contributed by atoms with Crippen LogP contribution in [0.1, 0.15) is 5.56 Å². The lowest BCUT2D eigenvalue weighted by Crippen LogP contribution is -2.29. The van der Waals surface area contributed by atoms with Crippen molar-refractivity contribution in [3.05, 3.63) is 76.7 Å². The third-order valence-corrected chi connectivity index (χ3v) is 6.77. The summed E-state index contributed by atoms with van der Waals surface area (Å²) in [7, 11) is 2.00. The number of nitrogens with zero attached hydrogens (tertiary/aromatic N) is 3. The van der Waals surface area contributed by atoms with Gasteiger partial charge in [-0.05, 0) is 48.5 Å². The highest BCUT2D eigenvalue weighted by atomic mass is 32.2. The van der Waals surface area contributed by atoms with Gasteiger partial charge >= 0.3 is 0 Å². The molecule has 0 aromatic heterocycles. The number of amidine groups is 1. The fourth-order valence-corrected chi connectivity index (χ4v) is 5.37. The van der Waals surface area contributed by atoms with Crippen molar-refractivity contribution in [2.75, 3.05) is 18.5 Å². The fraction of sp³-hybridized carbons (Fsp3) is 0.143. The van der Waals surface area contributed by atoms with E-state index < -0.39 is 0 Å². The van der Waals surface area contributed by atoms with Gasteiger partial charge < -0.3 is 4.90 Å². The maximum absolute atomic E-state index is 13.1. The maximum atomic E-state index is 13.1. The van der Waals surface area contributed by atoms with Crippen LogP contribution in [0.15, 0.2) is 81.0 Å². The summed E-state index contributed by atoms with van der Waals surface area (Å²) >= 11 is 3.07. The third-order valence-electron chi connectivity index (χ3n) is 4.33. The van der Waals surface area contributed by atoms with Gasteiger partial charge in [-0.2, -0.15) is 0 Å². The molecule has 2 aromatic rings. The summed E-state index contributed by atoms with van der Waals surface area (Å²) in [6.45, 7) is 6.27. The SMILES string of the molecule is C=CCN1C(=O)C(=C2Sc3ccccc3N2C)SC1=Nc1cccc(C)c1. The van der Waals surface area contributed by atoms with E-state index in [1.807, 2.05) is 50.4 Å². The number of rotatable bonds is 3. The van der Waals surface area contributed by atoms with E-state index in [0.29, 0.717) is 16.6 Å². The van der Waals surface area contributed by atoms with Crippen LogP contribution in [0.25, 0.3) is 0 Å². The van der Waals surface area contributed by atoms with Crippen LogP contribution in [0.5, 0.6) is 0 Å². The number of aryl methyl sites for hydroxylation is 1. The number of fused-ring (bicyclic) bond motifs is 1. The Hall–Kier alpha value is -2.44. The smallest absolute Gasteiger partial charge is 0.269 e. The second-order valence-electron chi connectivity index (χ2n) is 6.30. The Morgan fingerprint density at radius 1 is 1.15 bits per heavy atom. The number of anilines is 1. The number of carbonyl (C=O) groups excluding carboxylic acids is 1. The molecule has 0 N–H and O–H groups in total. The Kier molecular flexibility index (Phi) is 4.85.